The lowest BCUT2D eigenvalue weighted by Crippen LogP contribution is -2.52. The molecule has 1 atom stereocenters. The van der Waals surface area contributed by atoms with Gasteiger partial charge in [-0.15, -0.1) is 12.4 Å². The van der Waals surface area contributed by atoms with Crippen molar-refractivity contribution < 1.29 is 13.2 Å². The van der Waals surface area contributed by atoms with Crippen molar-refractivity contribution in [2.24, 2.45) is 0 Å². The predicted molar refractivity (Wildman–Crippen MR) is 84.8 cm³/mol. The molecule has 1 heterocycles. The Kier molecular flexibility index (Phi) is 6.46. The van der Waals surface area contributed by atoms with E-state index >= 15 is 0 Å². The van der Waals surface area contributed by atoms with E-state index in [2.05, 4.69) is 5.32 Å². The smallest absolute Gasteiger partial charge is 0.238 e. The molecule has 118 valence electrons. The van der Waals surface area contributed by atoms with Crippen LogP contribution in [-0.4, -0.2) is 50.7 Å². The van der Waals surface area contributed by atoms with Crippen LogP contribution >= 0.6 is 24.0 Å². The molecule has 0 spiro atoms. The van der Waals surface area contributed by atoms with E-state index < -0.39 is 15.6 Å². The van der Waals surface area contributed by atoms with Crippen LogP contribution in [0.1, 0.15) is 6.92 Å². The molecule has 0 aliphatic carbocycles. The minimum atomic E-state index is -3.61. The topological polar surface area (TPSA) is 66.5 Å². The van der Waals surface area contributed by atoms with Crippen molar-refractivity contribution in [3.8, 4) is 0 Å². The van der Waals surface area contributed by atoms with Crippen molar-refractivity contribution in [1.82, 2.24) is 10.2 Å². The molecule has 0 radical (unpaired) electrons. The number of hydrogen-bond acceptors (Lipinski definition) is 4. The average Bonchev–Trinajstić information content (AvgIpc) is 2.38. The second-order valence-corrected chi connectivity index (χ2v) is 7.33. The summed E-state index contributed by atoms with van der Waals surface area (Å²) in [6.07, 6.45) is 0. The van der Waals surface area contributed by atoms with Crippen LogP contribution in [0, 0.1) is 0 Å². The molecule has 2 rings (SSSR count). The highest BCUT2D eigenvalue weighted by Gasteiger charge is 2.26. The van der Waals surface area contributed by atoms with Crippen LogP contribution in [0.15, 0.2) is 29.2 Å². The summed E-state index contributed by atoms with van der Waals surface area (Å²) in [4.78, 5) is 13.8. The molecule has 1 saturated heterocycles. The zero-order valence-corrected chi connectivity index (χ0v) is 14.0. The Balaban J connectivity index is 0.00000220. The largest absolute Gasteiger partial charge is 0.339 e. The normalized spacial score (nSPS) is 19.0. The highest BCUT2D eigenvalue weighted by molar-refractivity contribution is 7.92. The first-order valence-electron chi connectivity index (χ1n) is 6.38. The van der Waals surface area contributed by atoms with Crippen LogP contribution < -0.4 is 5.32 Å². The first-order valence-corrected chi connectivity index (χ1v) is 8.41. The number of nitrogens with one attached hydrogen (secondary N) is 1. The molecule has 1 aliphatic rings. The minimum absolute atomic E-state index is 0. The number of benzene rings is 1. The molecule has 1 aromatic carbocycles. The second kappa shape index (κ2) is 7.45. The summed E-state index contributed by atoms with van der Waals surface area (Å²) >= 11 is 5.73. The standard InChI is InChI=1S/C13H17ClN2O3S.ClH/c1-10-8-16(7-6-15-10)13(17)9-20(18,19)12-4-2-11(14)3-5-12;/h2-5,10,15H,6-9H2,1H3;1H. The van der Waals surface area contributed by atoms with Gasteiger partial charge >= 0.3 is 0 Å². The highest BCUT2D eigenvalue weighted by atomic mass is 35.5. The molecule has 1 unspecified atom stereocenters. The van der Waals surface area contributed by atoms with Crippen LogP contribution in [0.3, 0.4) is 0 Å². The summed E-state index contributed by atoms with van der Waals surface area (Å²) < 4.78 is 24.3. The Morgan fingerprint density at radius 1 is 1.38 bits per heavy atom. The van der Waals surface area contributed by atoms with Crippen molar-refractivity contribution in [2.75, 3.05) is 25.4 Å². The lowest BCUT2D eigenvalue weighted by Gasteiger charge is -2.31. The summed E-state index contributed by atoms with van der Waals surface area (Å²) in [6.45, 7) is 3.73. The zero-order valence-electron chi connectivity index (χ0n) is 11.6. The van der Waals surface area contributed by atoms with Crippen molar-refractivity contribution in [3.63, 3.8) is 0 Å². The van der Waals surface area contributed by atoms with Gasteiger partial charge in [-0.25, -0.2) is 8.42 Å². The fourth-order valence-electron chi connectivity index (χ4n) is 2.14. The van der Waals surface area contributed by atoms with Crippen LogP contribution in [0.2, 0.25) is 5.02 Å². The molecule has 1 N–H and O–H groups in total. The Bertz CT molecular complexity index is 590. The Labute approximate surface area is 136 Å². The van der Waals surface area contributed by atoms with E-state index in [4.69, 9.17) is 11.6 Å². The van der Waals surface area contributed by atoms with Gasteiger partial charge in [-0.3, -0.25) is 4.79 Å². The van der Waals surface area contributed by atoms with E-state index in [1.165, 1.54) is 24.3 Å². The molecular formula is C13H18Cl2N2O3S. The van der Waals surface area contributed by atoms with Crippen LogP contribution in [0.5, 0.6) is 0 Å². The number of carbonyl (C=O) groups excluding carboxylic acids is 1. The third-order valence-electron chi connectivity index (χ3n) is 3.21. The van der Waals surface area contributed by atoms with Gasteiger partial charge < -0.3 is 10.2 Å². The fourth-order valence-corrected chi connectivity index (χ4v) is 3.49. The highest BCUT2D eigenvalue weighted by Crippen LogP contribution is 2.16. The van der Waals surface area contributed by atoms with Crippen LogP contribution in [0.25, 0.3) is 0 Å². The maximum atomic E-state index is 12.2. The van der Waals surface area contributed by atoms with Crippen molar-refractivity contribution in [3.05, 3.63) is 29.3 Å². The number of nitrogens with zero attached hydrogens (tertiary/aromatic N) is 1. The summed E-state index contributed by atoms with van der Waals surface area (Å²) in [6, 6.07) is 6.04. The second-order valence-electron chi connectivity index (χ2n) is 4.91. The van der Waals surface area contributed by atoms with Crippen LogP contribution in [-0.2, 0) is 14.6 Å². The van der Waals surface area contributed by atoms with Gasteiger partial charge in [-0.05, 0) is 31.2 Å². The number of amides is 1. The molecule has 8 heteroatoms. The number of hydrogen-bond donors (Lipinski definition) is 1. The first-order chi connectivity index (χ1) is 9.38. The molecule has 1 aromatic rings. The number of piperazine rings is 1. The number of rotatable bonds is 3. The van der Waals surface area contributed by atoms with Gasteiger partial charge in [0.1, 0.15) is 5.75 Å². The van der Waals surface area contributed by atoms with Crippen molar-refractivity contribution >= 4 is 39.8 Å². The number of carbonyl (C=O) groups is 1. The molecule has 1 aliphatic heterocycles. The molecule has 0 saturated carbocycles. The molecule has 0 bridgehead atoms. The third kappa shape index (κ3) is 4.85. The van der Waals surface area contributed by atoms with E-state index in [0.717, 1.165) is 0 Å². The zero-order chi connectivity index (χ0) is 14.8. The molecule has 21 heavy (non-hydrogen) atoms. The summed E-state index contributed by atoms with van der Waals surface area (Å²) in [7, 11) is -3.61. The lowest BCUT2D eigenvalue weighted by molar-refractivity contribution is -0.129. The fraction of sp³-hybridized carbons (Fsp3) is 0.462. The average molecular weight is 353 g/mol. The third-order valence-corrected chi connectivity index (χ3v) is 5.08. The van der Waals surface area contributed by atoms with Crippen molar-refractivity contribution in [2.45, 2.75) is 17.9 Å². The maximum Gasteiger partial charge on any atom is 0.238 e. The van der Waals surface area contributed by atoms with Gasteiger partial charge in [-0.2, -0.15) is 0 Å². The summed E-state index contributed by atoms with van der Waals surface area (Å²) in [5, 5.41) is 3.67. The van der Waals surface area contributed by atoms with Gasteiger partial charge in [0.25, 0.3) is 0 Å². The van der Waals surface area contributed by atoms with E-state index in [0.29, 0.717) is 24.7 Å². The monoisotopic (exact) mass is 352 g/mol. The van der Waals surface area contributed by atoms with Gasteiger partial charge in [-0.1, -0.05) is 11.6 Å². The number of sulfone groups is 1. The predicted octanol–water partition coefficient (Wildman–Crippen LogP) is 1.36. The minimum Gasteiger partial charge on any atom is -0.339 e. The van der Waals surface area contributed by atoms with Crippen LogP contribution in [0.4, 0.5) is 0 Å². The lowest BCUT2D eigenvalue weighted by atomic mass is 10.2. The van der Waals surface area contributed by atoms with E-state index in [1.54, 1.807) is 4.90 Å². The Hall–Kier alpha value is -0.820. The van der Waals surface area contributed by atoms with Crippen molar-refractivity contribution in [1.29, 1.82) is 0 Å². The van der Waals surface area contributed by atoms with E-state index in [9.17, 15) is 13.2 Å². The SMILES string of the molecule is CC1CN(C(=O)CS(=O)(=O)c2ccc(Cl)cc2)CCN1.Cl. The maximum absolute atomic E-state index is 12.2. The summed E-state index contributed by atoms with van der Waals surface area (Å²) in [5.41, 5.74) is 0. The molecule has 1 amide bonds. The first kappa shape index (κ1) is 18.2. The molecular weight excluding hydrogens is 335 g/mol. The van der Waals surface area contributed by atoms with E-state index in [-0.39, 0.29) is 29.3 Å². The Morgan fingerprint density at radius 2 is 2.00 bits per heavy atom. The number of halogens is 2. The molecule has 5 nitrogen and oxygen atoms in total. The summed E-state index contributed by atoms with van der Waals surface area (Å²) in [5.74, 6) is -0.852. The Morgan fingerprint density at radius 3 is 2.57 bits per heavy atom. The van der Waals surface area contributed by atoms with Gasteiger partial charge in [0.05, 0.1) is 4.90 Å². The van der Waals surface area contributed by atoms with E-state index in [1.807, 2.05) is 6.92 Å². The van der Waals surface area contributed by atoms with Gasteiger partial charge in [0, 0.05) is 30.7 Å². The molecule has 0 aromatic heterocycles. The van der Waals surface area contributed by atoms with Gasteiger partial charge in [0.15, 0.2) is 9.84 Å². The molecule has 1 fully saturated rings. The van der Waals surface area contributed by atoms with Gasteiger partial charge in [0.2, 0.25) is 5.91 Å². The quantitative estimate of drug-likeness (QED) is 0.891.